The Balaban J connectivity index is 2.01. The zero-order valence-corrected chi connectivity index (χ0v) is 30.4. The molecule has 1 unspecified atom stereocenters. The first-order valence-corrected chi connectivity index (χ1v) is 16.9. The van der Waals surface area contributed by atoms with E-state index < -0.39 is 89.0 Å². The Hall–Kier alpha value is -4.76. The van der Waals surface area contributed by atoms with Crippen molar-refractivity contribution in [3.05, 3.63) is 35.6 Å². The quantitative estimate of drug-likeness (QED) is 0.238. The van der Waals surface area contributed by atoms with Crippen LogP contribution < -0.4 is 10.6 Å². The first kappa shape index (κ1) is 40.7. The molecular weight excluding hydrogens is 671 g/mol. The molecule has 6 atom stereocenters. The fourth-order valence-corrected chi connectivity index (χ4v) is 6.53. The molecule has 16 heteroatoms. The molecule has 0 radical (unpaired) electrons. The molecule has 1 aromatic carbocycles. The first-order chi connectivity index (χ1) is 23.8. The van der Waals surface area contributed by atoms with Crippen molar-refractivity contribution in [2.24, 2.45) is 0 Å². The van der Waals surface area contributed by atoms with Crippen LogP contribution in [0.5, 0.6) is 0 Å². The zero-order valence-electron chi connectivity index (χ0n) is 30.4. The van der Waals surface area contributed by atoms with Crippen LogP contribution in [0.3, 0.4) is 0 Å². The molecule has 0 bridgehead atoms. The average molecular weight is 721 g/mol. The fraction of sp³-hybridized carbons (Fsp3) is 0.629. The monoisotopic (exact) mass is 720 g/mol. The van der Waals surface area contributed by atoms with Crippen LogP contribution in [-0.2, 0) is 54.1 Å². The van der Waals surface area contributed by atoms with E-state index in [4.69, 9.17) is 18.9 Å². The predicted octanol–water partition coefficient (Wildman–Crippen LogP) is 2.17. The first-order valence-electron chi connectivity index (χ1n) is 16.9. The van der Waals surface area contributed by atoms with Crippen molar-refractivity contribution in [1.29, 1.82) is 0 Å². The van der Waals surface area contributed by atoms with Gasteiger partial charge in [0.25, 0.3) is 0 Å². The highest BCUT2D eigenvalue weighted by atomic mass is 19.1. The Morgan fingerprint density at radius 1 is 0.902 bits per heavy atom. The number of halogens is 1. The molecular formula is C35H49FN4O11. The number of alkyl carbamates (subject to hydrolysis) is 1. The second-order valence-electron chi connectivity index (χ2n) is 13.8. The summed E-state index contributed by atoms with van der Waals surface area (Å²) in [5.74, 6) is -4.78. The number of carbonyl (C=O) groups excluding carboxylic acids is 7. The highest BCUT2D eigenvalue weighted by Crippen LogP contribution is 2.36. The number of methoxy groups -OCH3 is 1. The lowest BCUT2D eigenvalue weighted by atomic mass is 9.86. The van der Waals surface area contributed by atoms with Crippen LogP contribution >= 0.6 is 0 Å². The molecule has 2 saturated heterocycles. The van der Waals surface area contributed by atoms with Crippen molar-refractivity contribution in [2.45, 2.75) is 122 Å². The van der Waals surface area contributed by atoms with Crippen molar-refractivity contribution in [1.82, 2.24) is 20.4 Å². The molecule has 51 heavy (non-hydrogen) atoms. The lowest BCUT2D eigenvalue weighted by Crippen LogP contribution is -2.65. The van der Waals surface area contributed by atoms with Gasteiger partial charge in [-0.15, -0.1) is 0 Å². The number of hydrogen-bond acceptors (Lipinski definition) is 11. The number of rotatable bonds is 12. The number of esters is 3. The van der Waals surface area contributed by atoms with Gasteiger partial charge in [0.15, 0.2) is 6.04 Å². The highest BCUT2D eigenvalue weighted by molar-refractivity contribution is 5.98. The van der Waals surface area contributed by atoms with Gasteiger partial charge >= 0.3 is 24.0 Å². The topological polar surface area (TPSA) is 187 Å². The van der Waals surface area contributed by atoms with Crippen LogP contribution in [0.2, 0.25) is 0 Å². The van der Waals surface area contributed by atoms with Crippen LogP contribution in [0.15, 0.2) is 24.3 Å². The normalized spacial score (nSPS) is 21.1. The van der Waals surface area contributed by atoms with E-state index in [9.17, 15) is 38.0 Å². The summed E-state index contributed by atoms with van der Waals surface area (Å²) in [6, 6.07) is 1.51. The summed E-state index contributed by atoms with van der Waals surface area (Å²) < 4.78 is 34.6. The standard InChI is InChI=1S/C35H49FN4O11/c1-20(49-22(3)41)27(38-33(47)51-34(5,6)7)30(44)39-17-9-11-26(39)29(43)40-18-10-16-35(40,19-24-12-14-25(36)15-13-24)32(46)37-28(31(45)48-8)21(2)50-23(4)42/h12-15,20-21,26-28H,9-11,16-19H2,1-8H3,(H,37,46)(H,38,47)/t20-,21-,26+,27+,28+,35?/m1/s1. The van der Waals surface area contributed by atoms with Gasteiger partial charge in [-0.25, -0.2) is 14.0 Å². The van der Waals surface area contributed by atoms with Crippen LogP contribution in [0.25, 0.3) is 0 Å². The van der Waals surface area contributed by atoms with Crippen LogP contribution in [-0.4, -0.2) is 113 Å². The minimum Gasteiger partial charge on any atom is -0.467 e. The number of amides is 4. The van der Waals surface area contributed by atoms with Crippen LogP contribution in [0.1, 0.15) is 79.7 Å². The molecule has 282 valence electrons. The van der Waals surface area contributed by atoms with Gasteiger partial charge in [-0.05, 0) is 78.0 Å². The molecule has 0 saturated carbocycles. The summed E-state index contributed by atoms with van der Waals surface area (Å²) in [5, 5.41) is 5.13. The molecule has 2 heterocycles. The largest absolute Gasteiger partial charge is 0.467 e. The van der Waals surface area contributed by atoms with Crippen molar-refractivity contribution < 1.29 is 56.9 Å². The smallest absolute Gasteiger partial charge is 0.408 e. The van der Waals surface area contributed by atoms with Crippen molar-refractivity contribution in [3.8, 4) is 0 Å². The summed E-state index contributed by atoms with van der Waals surface area (Å²) in [4.78, 5) is 94.9. The van der Waals surface area contributed by atoms with E-state index in [2.05, 4.69) is 10.6 Å². The Morgan fingerprint density at radius 3 is 2.04 bits per heavy atom. The predicted molar refractivity (Wildman–Crippen MR) is 178 cm³/mol. The maximum Gasteiger partial charge on any atom is 0.408 e. The second kappa shape index (κ2) is 17.0. The molecule has 2 N–H and O–H groups in total. The third kappa shape index (κ3) is 10.4. The van der Waals surface area contributed by atoms with Crippen molar-refractivity contribution in [2.75, 3.05) is 20.2 Å². The Kier molecular flexibility index (Phi) is 13.5. The van der Waals surface area contributed by atoms with Gasteiger partial charge in [0.05, 0.1) is 7.11 Å². The Bertz CT molecular complexity index is 1480. The number of carbonyl (C=O) groups is 7. The van der Waals surface area contributed by atoms with Crippen molar-refractivity contribution >= 4 is 41.7 Å². The van der Waals surface area contributed by atoms with Gasteiger partial charge in [0.1, 0.15) is 41.2 Å². The molecule has 0 spiro atoms. The van der Waals surface area contributed by atoms with Gasteiger partial charge < -0.3 is 39.4 Å². The number of hydrogen-bond donors (Lipinski definition) is 2. The molecule has 15 nitrogen and oxygen atoms in total. The van der Waals surface area contributed by atoms with E-state index in [0.717, 1.165) is 21.0 Å². The fourth-order valence-electron chi connectivity index (χ4n) is 6.53. The summed E-state index contributed by atoms with van der Waals surface area (Å²) >= 11 is 0. The SMILES string of the molecule is COC(=O)[C@@H](NC(=O)C1(Cc2ccc(F)cc2)CCCN1C(=O)[C@@H]1CCCN1C(=O)[C@@H](NC(=O)OC(C)(C)C)[C@@H](C)OC(C)=O)[C@@H](C)OC(C)=O. The van der Waals surface area contributed by atoms with E-state index in [1.165, 1.54) is 47.9 Å². The van der Waals surface area contributed by atoms with Crippen molar-refractivity contribution in [3.63, 3.8) is 0 Å². The zero-order chi connectivity index (χ0) is 38.3. The highest BCUT2D eigenvalue weighted by Gasteiger charge is 2.54. The van der Waals surface area contributed by atoms with Gasteiger partial charge in [-0.2, -0.15) is 0 Å². The number of nitrogens with one attached hydrogen (secondary N) is 2. The maximum absolute atomic E-state index is 14.6. The van der Waals surface area contributed by atoms with E-state index in [1.54, 1.807) is 20.8 Å². The lowest BCUT2D eigenvalue weighted by Gasteiger charge is -2.41. The number of benzene rings is 1. The summed E-state index contributed by atoms with van der Waals surface area (Å²) in [6.07, 6.45) is -2.12. The lowest BCUT2D eigenvalue weighted by molar-refractivity contribution is -0.159. The summed E-state index contributed by atoms with van der Waals surface area (Å²) in [6.45, 7) is 10.3. The van der Waals surface area contributed by atoms with E-state index >= 15 is 0 Å². The average Bonchev–Trinajstić information content (AvgIpc) is 3.69. The minimum absolute atomic E-state index is 0.0757. The summed E-state index contributed by atoms with van der Waals surface area (Å²) in [7, 11) is 1.11. The second-order valence-corrected chi connectivity index (χ2v) is 13.8. The van der Waals surface area contributed by atoms with E-state index in [0.29, 0.717) is 18.4 Å². The Labute approximate surface area is 296 Å². The third-order valence-electron chi connectivity index (χ3n) is 8.73. The molecule has 3 rings (SSSR count). The molecule has 0 aromatic heterocycles. The van der Waals surface area contributed by atoms with Gasteiger partial charge in [-0.1, -0.05) is 12.1 Å². The van der Waals surface area contributed by atoms with E-state index in [-0.39, 0.29) is 32.4 Å². The van der Waals surface area contributed by atoms with Crippen LogP contribution in [0, 0.1) is 5.82 Å². The third-order valence-corrected chi connectivity index (χ3v) is 8.73. The van der Waals surface area contributed by atoms with E-state index in [1.807, 2.05) is 0 Å². The number of ether oxygens (including phenoxy) is 4. The summed E-state index contributed by atoms with van der Waals surface area (Å²) in [5.41, 5.74) is -2.00. The molecule has 2 aliphatic heterocycles. The molecule has 2 fully saturated rings. The Morgan fingerprint density at radius 2 is 1.49 bits per heavy atom. The molecule has 2 aliphatic rings. The molecule has 1 aromatic rings. The van der Waals surface area contributed by atoms with Gasteiger partial charge in [-0.3, -0.25) is 24.0 Å². The molecule has 0 aliphatic carbocycles. The number of nitrogens with zero attached hydrogens (tertiary/aromatic N) is 2. The maximum atomic E-state index is 14.6. The van der Waals surface area contributed by atoms with Gasteiger partial charge in [0.2, 0.25) is 17.7 Å². The minimum atomic E-state index is -1.62. The molecule has 4 amide bonds. The van der Waals surface area contributed by atoms with Crippen LogP contribution in [0.4, 0.5) is 9.18 Å². The van der Waals surface area contributed by atoms with Gasteiger partial charge in [0, 0.05) is 33.4 Å². The number of likely N-dealkylation sites (tertiary alicyclic amines) is 2.